The topological polar surface area (TPSA) is 86.8 Å². The molecule has 7 nitrogen and oxygen atoms in total. The van der Waals surface area contributed by atoms with E-state index in [9.17, 15) is 18.0 Å². The molecular weight excluding hydrogens is 458 g/mol. The van der Waals surface area contributed by atoms with E-state index in [2.05, 4.69) is 12.2 Å². The second-order valence-corrected chi connectivity index (χ2v) is 12.1. The van der Waals surface area contributed by atoms with E-state index in [1.165, 1.54) is 27.7 Å². The third-order valence-corrected chi connectivity index (χ3v) is 9.85. The average Bonchev–Trinajstić information content (AvgIpc) is 2.83. The Morgan fingerprint density at radius 3 is 2.55 bits per heavy atom. The van der Waals surface area contributed by atoms with E-state index in [4.69, 9.17) is 0 Å². The van der Waals surface area contributed by atoms with Gasteiger partial charge in [-0.15, -0.1) is 11.8 Å². The number of hydrogen-bond acceptors (Lipinski definition) is 5. The second-order valence-electron chi connectivity index (χ2n) is 9.01. The molecule has 33 heavy (non-hydrogen) atoms. The Morgan fingerprint density at radius 2 is 1.79 bits per heavy atom. The highest BCUT2D eigenvalue weighted by molar-refractivity contribution is 8.01. The van der Waals surface area contributed by atoms with Crippen molar-refractivity contribution in [2.45, 2.75) is 47.8 Å². The van der Waals surface area contributed by atoms with Gasteiger partial charge >= 0.3 is 0 Å². The summed E-state index contributed by atoms with van der Waals surface area (Å²) in [7, 11) is -3.71. The number of hydrogen-bond donors (Lipinski definition) is 1. The predicted molar refractivity (Wildman–Crippen MR) is 127 cm³/mol. The van der Waals surface area contributed by atoms with Gasteiger partial charge in [0.2, 0.25) is 21.8 Å². The number of benzene rings is 2. The summed E-state index contributed by atoms with van der Waals surface area (Å²) in [5.41, 5.74) is 2.64. The Hall–Kier alpha value is -2.36. The molecule has 1 fully saturated rings. The number of nitrogens with one attached hydrogen (secondary N) is 1. The summed E-state index contributed by atoms with van der Waals surface area (Å²) in [6.45, 7) is 4.28. The molecule has 0 unspecified atom stereocenters. The molecule has 1 N–H and O–H groups in total. The van der Waals surface area contributed by atoms with Gasteiger partial charge in [0.25, 0.3) is 0 Å². The number of piperidine rings is 1. The van der Waals surface area contributed by atoms with Gasteiger partial charge in [-0.25, -0.2) is 8.42 Å². The Bertz CT molecular complexity index is 1210. The van der Waals surface area contributed by atoms with Gasteiger partial charge in [0.15, 0.2) is 5.25 Å². The lowest BCUT2D eigenvalue weighted by molar-refractivity contribution is -0.135. The summed E-state index contributed by atoms with van der Waals surface area (Å²) in [6.07, 6.45) is 2.57. The van der Waals surface area contributed by atoms with Gasteiger partial charge in [0.05, 0.1) is 10.6 Å². The molecule has 0 radical (unpaired) electrons. The fourth-order valence-electron chi connectivity index (χ4n) is 4.63. The van der Waals surface area contributed by atoms with Crippen LogP contribution in [0.25, 0.3) is 0 Å². The SMILES string of the molecule is CC1CCN(C(=O)[C@H]2Sc3ccc(S(=O)(=O)N4CCc5ccccc5C4)cc3NC2=O)CC1. The molecule has 2 aromatic carbocycles. The largest absolute Gasteiger partial charge is 0.341 e. The third kappa shape index (κ3) is 4.29. The number of carbonyl (C=O) groups is 2. The first-order chi connectivity index (χ1) is 15.8. The number of anilines is 1. The molecule has 0 aromatic heterocycles. The van der Waals surface area contributed by atoms with Crippen LogP contribution in [0.1, 0.15) is 30.9 Å². The number of sulfonamides is 1. The maximum absolute atomic E-state index is 13.3. The third-order valence-electron chi connectivity index (χ3n) is 6.74. The highest BCUT2D eigenvalue weighted by Crippen LogP contribution is 2.39. The first-order valence-electron chi connectivity index (χ1n) is 11.3. The van der Waals surface area contributed by atoms with Gasteiger partial charge in [-0.2, -0.15) is 4.31 Å². The van der Waals surface area contributed by atoms with E-state index in [0.29, 0.717) is 49.1 Å². The van der Waals surface area contributed by atoms with Crippen molar-refractivity contribution in [2.75, 3.05) is 25.0 Å². The zero-order valence-corrected chi connectivity index (χ0v) is 20.1. The Kier molecular flexibility index (Phi) is 5.96. The molecule has 0 spiro atoms. The van der Waals surface area contributed by atoms with Crippen molar-refractivity contribution in [1.82, 2.24) is 9.21 Å². The minimum absolute atomic E-state index is 0.149. The minimum atomic E-state index is -3.71. The van der Waals surface area contributed by atoms with Gasteiger partial charge in [0.1, 0.15) is 0 Å². The van der Waals surface area contributed by atoms with E-state index in [-0.39, 0.29) is 10.8 Å². The number of fused-ring (bicyclic) bond motifs is 2. The molecule has 1 atom stereocenters. The zero-order chi connectivity index (χ0) is 23.2. The van der Waals surface area contributed by atoms with Crippen molar-refractivity contribution in [3.63, 3.8) is 0 Å². The van der Waals surface area contributed by atoms with Crippen molar-refractivity contribution in [2.24, 2.45) is 5.92 Å². The molecule has 3 heterocycles. The molecule has 5 rings (SSSR count). The van der Waals surface area contributed by atoms with Gasteiger partial charge in [0, 0.05) is 31.1 Å². The van der Waals surface area contributed by atoms with Crippen molar-refractivity contribution >= 4 is 39.3 Å². The number of thioether (sulfide) groups is 1. The summed E-state index contributed by atoms with van der Waals surface area (Å²) in [6, 6.07) is 12.7. The van der Waals surface area contributed by atoms with E-state index in [1.807, 2.05) is 24.3 Å². The van der Waals surface area contributed by atoms with Crippen LogP contribution < -0.4 is 5.32 Å². The van der Waals surface area contributed by atoms with Crippen molar-refractivity contribution in [3.05, 3.63) is 53.6 Å². The highest BCUT2D eigenvalue weighted by Gasteiger charge is 2.37. The van der Waals surface area contributed by atoms with E-state index >= 15 is 0 Å². The quantitative estimate of drug-likeness (QED) is 0.675. The molecular formula is C24H27N3O4S2. The van der Waals surface area contributed by atoms with Crippen LogP contribution in [0, 0.1) is 5.92 Å². The summed E-state index contributed by atoms with van der Waals surface area (Å²) in [5.74, 6) is 0.0349. The van der Waals surface area contributed by atoms with Gasteiger partial charge in [-0.1, -0.05) is 31.2 Å². The van der Waals surface area contributed by atoms with E-state index in [0.717, 1.165) is 18.4 Å². The number of likely N-dealkylation sites (tertiary alicyclic amines) is 1. The zero-order valence-electron chi connectivity index (χ0n) is 18.5. The van der Waals surface area contributed by atoms with Gasteiger partial charge in [-0.05, 0) is 54.5 Å². The molecule has 0 saturated carbocycles. The van der Waals surface area contributed by atoms with Crippen LogP contribution in [-0.4, -0.2) is 54.3 Å². The highest BCUT2D eigenvalue weighted by atomic mass is 32.2. The minimum Gasteiger partial charge on any atom is -0.341 e. The summed E-state index contributed by atoms with van der Waals surface area (Å²) >= 11 is 1.20. The Labute approximate surface area is 198 Å². The lowest BCUT2D eigenvalue weighted by atomic mass is 9.99. The Balaban J connectivity index is 1.34. The van der Waals surface area contributed by atoms with Gasteiger partial charge in [-0.3, -0.25) is 9.59 Å². The van der Waals surface area contributed by atoms with E-state index < -0.39 is 21.2 Å². The normalized spacial score (nSPS) is 21.8. The van der Waals surface area contributed by atoms with Crippen LogP contribution in [0.15, 0.2) is 52.3 Å². The van der Waals surface area contributed by atoms with Gasteiger partial charge < -0.3 is 10.2 Å². The fraction of sp³-hybridized carbons (Fsp3) is 0.417. The number of nitrogens with zero attached hydrogens (tertiary/aromatic N) is 2. The van der Waals surface area contributed by atoms with Crippen LogP contribution in [0.5, 0.6) is 0 Å². The summed E-state index contributed by atoms with van der Waals surface area (Å²) < 4.78 is 28.1. The van der Waals surface area contributed by atoms with E-state index in [1.54, 1.807) is 17.0 Å². The molecule has 0 bridgehead atoms. The lowest BCUT2D eigenvalue weighted by Crippen LogP contribution is -2.47. The predicted octanol–water partition coefficient (Wildman–Crippen LogP) is 3.10. The standard InChI is InChI=1S/C24H27N3O4S2/c1-16-8-11-26(12-9-16)24(29)22-23(28)25-20-14-19(6-7-21(20)32-22)33(30,31)27-13-10-17-4-2-3-5-18(17)15-27/h2-7,14,16,22H,8-13,15H2,1H3,(H,25,28)/t22-/m0/s1. The summed E-state index contributed by atoms with van der Waals surface area (Å²) in [5, 5.41) is 1.94. The maximum atomic E-state index is 13.3. The molecule has 3 aliphatic rings. The van der Waals surface area contributed by atoms with Crippen molar-refractivity contribution in [1.29, 1.82) is 0 Å². The van der Waals surface area contributed by atoms with Crippen LogP contribution in [0.4, 0.5) is 5.69 Å². The van der Waals surface area contributed by atoms with Crippen molar-refractivity contribution < 1.29 is 18.0 Å². The van der Waals surface area contributed by atoms with Crippen molar-refractivity contribution in [3.8, 4) is 0 Å². The molecule has 1 saturated heterocycles. The first-order valence-corrected chi connectivity index (χ1v) is 13.6. The molecule has 174 valence electrons. The molecule has 2 aromatic rings. The molecule has 3 aliphatic heterocycles. The molecule has 0 aliphatic carbocycles. The lowest BCUT2D eigenvalue weighted by Gasteiger charge is -2.34. The molecule has 9 heteroatoms. The average molecular weight is 486 g/mol. The first kappa shape index (κ1) is 22.4. The monoisotopic (exact) mass is 485 g/mol. The summed E-state index contributed by atoms with van der Waals surface area (Å²) in [4.78, 5) is 28.4. The van der Waals surface area contributed by atoms with Crippen LogP contribution in [0.3, 0.4) is 0 Å². The second kappa shape index (κ2) is 8.77. The fourth-order valence-corrected chi connectivity index (χ4v) is 7.13. The van der Waals surface area contributed by atoms with Crippen LogP contribution >= 0.6 is 11.8 Å². The number of amides is 2. The Morgan fingerprint density at radius 1 is 1.06 bits per heavy atom. The number of rotatable bonds is 3. The van der Waals surface area contributed by atoms with Crippen LogP contribution in [0.2, 0.25) is 0 Å². The smallest absolute Gasteiger partial charge is 0.247 e. The van der Waals surface area contributed by atoms with Crippen LogP contribution in [-0.2, 0) is 32.6 Å². The molecule has 2 amide bonds. The maximum Gasteiger partial charge on any atom is 0.247 e. The number of carbonyl (C=O) groups excluding carboxylic acids is 2.